The zero-order chi connectivity index (χ0) is 35.1. The number of nitrogens with one attached hydrogen (secondary N) is 2. The molecular weight excluding hydrogens is 716 g/mol. The average molecular weight is 749 g/mol. The number of halogens is 6. The van der Waals surface area contributed by atoms with Crippen molar-refractivity contribution in [2.45, 2.75) is 61.9 Å². The van der Waals surface area contributed by atoms with Crippen LogP contribution >= 0.6 is 34.8 Å². The molecular formula is C32H33Cl3F3N4O5S-. The number of carbonyl (C=O) groups excluding carboxylic acids is 1. The molecule has 1 unspecified atom stereocenters. The van der Waals surface area contributed by atoms with Gasteiger partial charge in [-0.25, -0.2) is 8.42 Å². The number of benzene rings is 3. The van der Waals surface area contributed by atoms with Crippen LogP contribution in [0.2, 0.25) is 15.1 Å². The first-order chi connectivity index (χ1) is 22.5. The molecule has 0 bridgehead atoms. The topological polar surface area (TPSA) is 121 Å². The maximum Gasteiger partial charge on any atom is 0.573 e. The fourth-order valence-electron chi connectivity index (χ4n) is 5.10. The summed E-state index contributed by atoms with van der Waals surface area (Å²) in [6.45, 7) is 2.44. The van der Waals surface area contributed by atoms with E-state index in [1.165, 1.54) is 9.87 Å². The first-order valence-electron chi connectivity index (χ1n) is 14.8. The highest BCUT2D eigenvalue weighted by molar-refractivity contribution is 7.89. The molecule has 0 saturated carbocycles. The van der Waals surface area contributed by atoms with Crippen LogP contribution in [-0.4, -0.2) is 62.0 Å². The van der Waals surface area contributed by atoms with Gasteiger partial charge in [0.05, 0.1) is 14.9 Å². The van der Waals surface area contributed by atoms with E-state index in [1.807, 2.05) is 37.3 Å². The SMILES string of the molecule is CC([NH-])Cc1ccc(Cl)cc1.O=C(NCCc1ccc(Cl)c(Cl)c1)C1=NOC2(CCN(S(=O)(=O)c3ccc(OC(F)(F)F)cc3)CC2)C1. The summed E-state index contributed by atoms with van der Waals surface area (Å²) < 4.78 is 67.9. The summed E-state index contributed by atoms with van der Waals surface area (Å²) >= 11 is 17.6. The maximum absolute atomic E-state index is 12.9. The van der Waals surface area contributed by atoms with E-state index in [9.17, 15) is 26.4 Å². The molecule has 16 heteroatoms. The van der Waals surface area contributed by atoms with E-state index in [2.05, 4.69) is 15.2 Å². The molecule has 0 aromatic heterocycles. The zero-order valence-electron chi connectivity index (χ0n) is 25.7. The standard InChI is InChI=1S/C23H22Cl2F3N3O5S.C9H11ClN/c24-18-6-1-15(13-19(18)25)7-10-29-21(32)20-14-22(36-30-20)8-11-31(12-9-22)37(33,34)17-4-2-16(3-5-17)35-23(26,27)28;1-7(11)6-8-2-4-9(10)5-3-8/h1-6,13H,7-12,14H2,(H,29,32);2-5,7,11H,6H2,1H3/q;-1. The van der Waals surface area contributed by atoms with Crippen molar-refractivity contribution in [1.82, 2.24) is 9.62 Å². The summed E-state index contributed by atoms with van der Waals surface area (Å²) in [4.78, 5) is 18.0. The molecule has 2 N–H and O–H groups in total. The Morgan fingerprint density at radius 3 is 2.23 bits per heavy atom. The summed E-state index contributed by atoms with van der Waals surface area (Å²) in [5, 5.41) is 8.37. The number of hydrogen-bond donors (Lipinski definition) is 1. The molecule has 1 amide bonds. The number of sulfonamides is 1. The van der Waals surface area contributed by atoms with E-state index in [4.69, 9.17) is 45.4 Å². The van der Waals surface area contributed by atoms with Gasteiger partial charge in [0, 0.05) is 43.9 Å². The van der Waals surface area contributed by atoms with E-state index < -0.39 is 27.7 Å². The number of amides is 1. The fraction of sp³-hybridized carbons (Fsp3) is 0.375. The van der Waals surface area contributed by atoms with E-state index >= 15 is 0 Å². The lowest BCUT2D eigenvalue weighted by Gasteiger charge is -2.36. The Hall–Kier alpha value is -3.07. The Labute approximate surface area is 292 Å². The first-order valence-corrected chi connectivity index (χ1v) is 17.4. The Bertz CT molecular complexity index is 1700. The molecule has 2 aliphatic heterocycles. The number of alkyl halides is 3. The van der Waals surface area contributed by atoms with Crippen LogP contribution in [0.5, 0.6) is 5.75 Å². The highest BCUT2D eigenvalue weighted by atomic mass is 35.5. The highest BCUT2D eigenvalue weighted by Crippen LogP contribution is 2.36. The number of ether oxygens (including phenoxy) is 1. The van der Waals surface area contributed by atoms with Crippen LogP contribution in [0, 0.1) is 0 Å². The van der Waals surface area contributed by atoms with Crippen LogP contribution < -0.4 is 10.1 Å². The van der Waals surface area contributed by atoms with Crippen LogP contribution in [-0.2, 0) is 32.5 Å². The third-order valence-electron chi connectivity index (χ3n) is 7.57. The third-order valence-corrected chi connectivity index (χ3v) is 10.5. The lowest BCUT2D eigenvalue weighted by atomic mass is 9.87. The lowest BCUT2D eigenvalue weighted by Crippen LogP contribution is -2.47. The minimum absolute atomic E-state index is 0.0313. The Balaban J connectivity index is 0.000000401. The molecule has 1 spiro atoms. The second-order valence-electron chi connectivity index (χ2n) is 11.4. The van der Waals surface area contributed by atoms with Crippen LogP contribution in [0.4, 0.5) is 13.2 Å². The number of piperidine rings is 1. The van der Waals surface area contributed by atoms with Gasteiger partial charge in [0.1, 0.15) is 17.1 Å². The van der Waals surface area contributed by atoms with Crippen LogP contribution in [0.15, 0.2) is 76.8 Å². The second kappa shape index (κ2) is 16.1. The van der Waals surface area contributed by atoms with Gasteiger partial charge >= 0.3 is 6.36 Å². The predicted molar refractivity (Wildman–Crippen MR) is 179 cm³/mol. The van der Waals surface area contributed by atoms with E-state index in [0.29, 0.717) is 35.9 Å². The molecule has 3 aromatic carbocycles. The number of rotatable bonds is 9. The number of nitrogens with zero attached hydrogens (tertiary/aromatic N) is 2. The minimum Gasteiger partial charge on any atom is -0.675 e. The van der Waals surface area contributed by atoms with Crippen molar-refractivity contribution in [3.05, 3.63) is 98.7 Å². The van der Waals surface area contributed by atoms with Gasteiger partial charge in [-0.1, -0.05) is 65.1 Å². The molecule has 2 aliphatic rings. The van der Waals surface area contributed by atoms with Crippen molar-refractivity contribution < 1.29 is 36.0 Å². The number of oxime groups is 1. The van der Waals surface area contributed by atoms with Crippen molar-refractivity contribution in [3.8, 4) is 5.75 Å². The van der Waals surface area contributed by atoms with Crippen molar-refractivity contribution >= 4 is 56.4 Å². The molecule has 48 heavy (non-hydrogen) atoms. The van der Waals surface area contributed by atoms with Gasteiger partial charge < -0.3 is 20.6 Å². The van der Waals surface area contributed by atoms with E-state index in [-0.39, 0.29) is 42.1 Å². The van der Waals surface area contributed by atoms with E-state index in [1.54, 1.807) is 12.1 Å². The number of hydrogen-bond acceptors (Lipinski definition) is 6. The average Bonchev–Trinajstić information content (AvgIpc) is 3.43. The van der Waals surface area contributed by atoms with Gasteiger partial charge in [-0.3, -0.25) is 4.79 Å². The molecule has 2 heterocycles. The molecule has 0 aliphatic carbocycles. The molecule has 5 rings (SSSR count). The summed E-state index contributed by atoms with van der Waals surface area (Å²) in [5.74, 6) is -0.878. The monoisotopic (exact) mass is 747 g/mol. The van der Waals surface area contributed by atoms with Crippen LogP contribution in [0.3, 0.4) is 0 Å². The summed E-state index contributed by atoms with van der Waals surface area (Å²) in [6, 6.07) is 16.9. The quantitative estimate of drug-likeness (QED) is 0.239. The van der Waals surface area contributed by atoms with Crippen molar-refractivity contribution in [2.24, 2.45) is 5.16 Å². The highest BCUT2D eigenvalue weighted by Gasteiger charge is 2.45. The molecule has 1 fully saturated rings. The first kappa shape index (κ1) is 37.7. The summed E-state index contributed by atoms with van der Waals surface area (Å²) in [7, 11) is -3.94. The Morgan fingerprint density at radius 1 is 1.02 bits per heavy atom. The van der Waals surface area contributed by atoms with Crippen LogP contribution in [0.1, 0.15) is 37.3 Å². The van der Waals surface area contributed by atoms with Crippen molar-refractivity contribution in [1.29, 1.82) is 0 Å². The molecule has 260 valence electrons. The molecule has 1 atom stereocenters. The fourth-order valence-corrected chi connectivity index (χ4v) is 6.99. The lowest BCUT2D eigenvalue weighted by molar-refractivity contribution is -0.274. The molecule has 0 radical (unpaired) electrons. The van der Waals surface area contributed by atoms with Crippen molar-refractivity contribution in [2.75, 3.05) is 19.6 Å². The largest absolute Gasteiger partial charge is 0.675 e. The molecule has 9 nitrogen and oxygen atoms in total. The second-order valence-corrected chi connectivity index (χ2v) is 14.6. The Morgan fingerprint density at radius 2 is 1.65 bits per heavy atom. The van der Waals surface area contributed by atoms with Gasteiger partial charge in [-0.05, 0) is 72.5 Å². The molecule has 1 saturated heterocycles. The van der Waals surface area contributed by atoms with Gasteiger partial charge in [0.2, 0.25) is 10.0 Å². The van der Waals surface area contributed by atoms with E-state index in [0.717, 1.165) is 41.3 Å². The van der Waals surface area contributed by atoms with Crippen LogP contribution in [0.25, 0.3) is 5.73 Å². The predicted octanol–water partition coefficient (Wildman–Crippen LogP) is 7.87. The van der Waals surface area contributed by atoms with Gasteiger partial charge in [-0.2, -0.15) is 4.31 Å². The van der Waals surface area contributed by atoms with Crippen molar-refractivity contribution in [3.63, 3.8) is 0 Å². The minimum atomic E-state index is -4.87. The summed E-state index contributed by atoms with van der Waals surface area (Å²) in [5.41, 5.74) is 8.87. The Kier molecular flexibility index (Phi) is 12.7. The smallest absolute Gasteiger partial charge is 0.573 e. The van der Waals surface area contributed by atoms with Gasteiger partial charge in [-0.15, -0.1) is 19.2 Å². The van der Waals surface area contributed by atoms with Gasteiger partial charge in [0.15, 0.2) is 0 Å². The van der Waals surface area contributed by atoms with Gasteiger partial charge in [0.25, 0.3) is 5.91 Å². The molecule has 3 aromatic rings. The summed E-state index contributed by atoms with van der Waals surface area (Å²) in [6.07, 6.45) is -2.69. The normalized spacial score (nSPS) is 16.7. The number of carbonyl (C=O) groups is 1. The zero-order valence-corrected chi connectivity index (χ0v) is 28.8. The third kappa shape index (κ3) is 10.7. The maximum atomic E-state index is 12.9.